The molecule has 2 heterocycles. The number of ether oxygens (including phenoxy) is 1. The van der Waals surface area contributed by atoms with Gasteiger partial charge in [0.15, 0.2) is 0 Å². The zero-order valence-corrected chi connectivity index (χ0v) is 13.2. The molecule has 7 heteroatoms. The fourth-order valence-electron chi connectivity index (χ4n) is 2.17. The lowest BCUT2D eigenvalue weighted by atomic mass is 10.4. The molecule has 0 aliphatic carbocycles. The first-order chi connectivity index (χ1) is 10.3. The van der Waals surface area contributed by atoms with Crippen LogP contribution in [0.5, 0.6) is 5.88 Å². The summed E-state index contributed by atoms with van der Waals surface area (Å²) in [6.45, 7) is 2.41. The van der Waals surface area contributed by atoms with Gasteiger partial charge < -0.3 is 15.0 Å². The van der Waals surface area contributed by atoms with Gasteiger partial charge in [0.1, 0.15) is 5.69 Å². The van der Waals surface area contributed by atoms with Crippen molar-refractivity contribution in [1.29, 1.82) is 0 Å². The molecule has 1 N–H and O–H groups in total. The summed E-state index contributed by atoms with van der Waals surface area (Å²) in [6.07, 6.45) is 7.83. The van der Waals surface area contributed by atoms with Crippen molar-refractivity contribution < 1.29 is 9.53 Å². The van der Waals surface area contributed by atoms with E-state index in [1.54, 1.807) is 25.1 Å². The number of nitrogens with one attached hydrogen (secondary N) is 1. The van der Waals surface area contributed by atoms with Gasteiger partial charge in [0.25, 0.3) is 5.91 Å². The fraction of sp³-hybridized carbons (Fsp3) is 0.500. The van der Waals surface area contributed by atoms with Crippen LogP contribution in [-0.2, 0) is 0 Å². The molecule has 1 saturated heterocycles. The zero-order chi connectivity index (χ0) is 15.1. The lowest BCUT2D eigenvalue weighted by Gasteiger charge is -2.19. The van der Waals surface area contributed by atoms with Crippen molar-refractivity contribution in [2.24, 2.45) is 0 Å². The van der Waals surface area contributed by atoms with Crippen molar-refractivity contribution in [2.45, 2.75) is 12.8 Å². The summed E-state index contributed by atoms with van der Waals surface area (Å²) < 4.78 is 5.30. The Labute approximate surface area is 129 Å². The van der Waals surface area contributed by atoms with Crippen LogP contribution in [-0.4, -0.2) is 48.9 Å². The molecule has 21 heavy (non-hydrogen) atoms. The SMILES string of the molecule is COc1nc(C(=O)NC/C=C/SC)ncc1N1CCCC1. The number of amides is 1. The summed E-state index contributed by atoms with van der Waals surface area (Å²) in [5.41, 5.74) is 0.855. The standard InChI is InChI=1S/C14H20N4O2S/c1-20-14-11(18-7-3-4-8-18)10-16-12(17-14)13(19)15-6-5-9-21-2/h5,9-10H,3-4,6-8H2,1-2H3,(H,15,19)/b9-5+. The van der Waals surface area contributed by atoms with Crippen molar-refractivity contribution in [3.63, 3.8) is 0 Å². The Morgan fingerprint density at radius 2 is 2.29 bits per heavy atom. The largest absolute Gasteiger partial charge is 0.479 e. The van der Waals surface area contributed by atoms with E-state index in [0.717, 1.165) is 31.6 Å². The Balaban J connectivity index is 2.07. The smallest absolute Gasteiger partial charge is 0.289 e. The minimum Gasteiger partial charge on any atom is -0.479 e. The van der Waals surface area contributed by atoms with E-state index in [9.17, 15) is 4.79 Å². The quantitative estimate of drug-likeness (QED) is 0.862. The number of methoxy groups -OCH3 is 1. The Morgan fingerprint density at radius 1 is 1.52 bits per heavy atom. The van der Waals surface area contributed by atoms with Gasteiger partial charge in [-0.05, 0) is 24.5 Å². The van der Waals surface area contributed by atoms with Crippen molar-refractivity contribution >= 4 is 23.4 Å². The van der Waals surface area contributed by atoms with Crippen molar-refractivity contribution in [2.75, 3.05) is 37.9 Å². The molecule has 1 amide bonds. The summed E-state index contributed by atoms with van der Waals surface area (Å²) in [7, 11) is 1.56. The Hall–Kier alpha value is -1.76. The van der Waals surface area contributed by atoms with Crippen molar-refractivity contribution in [3.8, 4) is 5.88 Å². The molecule has 6 nitrogen and oxygen atoms in total. The normalized spacial score (nSPS) is 14.7. The molecule has 1 aromatic rings. The highest BCUT2D eigenvalue weighted by atomic mass is 32.2. The fourth-order valence-corrected chi connectivity index (χ4v) is 2.46. The van der Waals surface area contributed by atoms with Crippen molar-refractivity contribution in [3.05, 3.63) is 23.5 Å². The van der Waals surface area contributed by atoms with Gasteiger partial charge >= 0.3 is 0 Å². The molecule has 1 fully saturated rings. The molecule has 0 atom stereocenters. The lowest BCUT2D eigenvalue weighted by molar-refractivity contribution is 0.0946. The van der Waals surface area contributed by atoms with E-state index in [-0.39, 0.29) is 11.7 Å². The summed E-state index contributed by atoms with van der Waals surface area (Å²) >= 11 is 1.58. The monoisotopic (exact) mass is 308 g/mol. The second-order valence-corrected chi connectivity index (χ2v) is 5.34. The first kappa shape index (κ1) is 15.6. The van der Waals surface area contributed by atoms with Gasteiger partial charge in [-0.2, -0.15) is 4.98 Å². The maximum Gasteiger partial charge on any atom is 0.289 e. The Kier molecular flexibility index (Phi) is 5.86. The van der Waals surface area contributed by atoms with Crippen molar-refractivity contribution in [1.82, 2.24) is 15.3 Å². The van der Waals surface area contributed by atoms with Crippen LogP contribution < -0.4 is 15.0 Å². The van der Waals surface area contributed by atoms with E-state index in [4.69, 9.17) is 4.74 Å². The minimum absolute atomic E-state index is 0.132. The predicted molar refractivity (Wildman–Crippen MR) is 85.0 cm³/mol. The molecule has 1 aliphatic rings. The highest BCUT2D eigenvalue weighted by molar-refractivity contribution is 8.01. The number of hydrogen-bond donors (Lipinski definition) is 1. The summed E-state index contributed by atoms with van der Waals surface area (Å²) in [5, 5.41) is 4.66. The van der Waals surface area contributed by atoms with E-state index in [1.807, 2.05) is 17.7 Å². The van der Waals surface area contributed by atoms with Gasteiger partial charge in [-0.1, -0.05) is 6.08 Å². The van der Waals surface area contributed by atoms with Gasteiger partial charge in [-0.25, -0.2) is 4.98 Å². The second-order valence-electron chi connectivity index (χ2n) is 4.60. The van der Waals surface area contributed by atoms with Gasteiger partial charge in [0.05, 0.1) is 13.3 Å². The summed E-state index contributed by atoms with van der Waals surface area (Å²) in [6, 6.07) is 0. The van der Waals surface area contributed by atoms with Crippen LogP contribution in [0.15, 0.2) is 17.7 Å². The number of anilines is 1. The van der Waals surface area contributed by atoms with Gasteiger partial charge in [0.2, 0.25) is 11.7 Å². The van der Waals surface area contributed by atoms with Crippen LogP contribution in [0.3, 0.4) is 0 Å². The maximum atomic E-state index is 12.0. The number of hydrogen-bond acceptors (Lipinski definition) is 6. The summed E-state index contributed by atoms with van der Waals surface area (Å²) in [4.78, 5) is 22.5. The highest BCUT2D eigenvalue weighted by Gasteiger charge is 2.20. The zero-order valence-electron chi connectivity index (χ0n) is 12.3. The van der Waals surface area contributed by atoms with Crippen LogP contribution in [0.2, 0.25) is 0 Å². The molecule has 0 aromatic carbocycles. The number of carbonyl (C=O) groups excluding carboxylic acids is 1. The van der Waals surface area contributed by atoms with E-state index >= 15 is 0 Å². The molecule has 0 bridgehead atoms. The number of carbonyl (C=O) groups is 1. The Morgan fingerprint density at radius 3 is 2.95 bits per heavy atom. The number of rotatable bonds is 6. The maximum absolute atomic E-state index is 12.0. The van der Waals surface area contributed by atoms with E-state index in [1.165, 1.54) is 0 Å². The van der Waals surface area contributed by atoms with E-state index in [0.29, 0.717) is 12.4 Å². The Bertz CT molecular complexity index is 516. The average molecular weight is 308 g/mol. The van der Waals surface area contributed by atoms with Gasteiger partial charge in [0, 0.05) is 19.6 Å². The first-order valence-corrected chi connectivity index (χ1v) is 8.17. The van der Waals surface area contributed by atoms with E-state index < -0.39 is 0 Å². The number of aromatic nitrogens is 2. The molecule has 1 aromatic heterocycles. The third-order valence-electron chi connectivity index (χ3n) is 3.19. The van der Waals surface area contributed by atoms with Crippen LogP contribution >= 0.6 is 11.8 Å². The van der Waals surface area contributed by atoms with Gasteiger partial charge in [-0.15, -0.1) is 11.8 Å². The average Bonchev–Trinajstić information content (AvgIpc) is 3.05. The molecular weight excluding hydrogens is 288 g/mol. The molecule has 0 saturated carbocycles. The molecule has 1 aliphatic heterocycles. The highest BCUT2D eigenvalue weighted by Crippen LogP contribution is 2.27. The molecule has 2 rings (SSSR count). The summed E-state index contributed by atoms with van der Waals surface area (Å²) in [5.74, 6) is 0.288. The molecule has 0 unspecified atom stereocenters. The van der Waals surface area contributed by atoms with Crippen LogP contribution in [0.4, 0.5) is 5.69 Å². The second kappa shape index (κ2) is 7.87. The molecule has 0 radical (unpaired) electrons. The topological polar surface area (TPSA) is 67.3 Å². The molecular formula is C14H20N4O2S. The first-order valence-electron chi connectivity index (χ1n) is 6.88. The van der Waals surface area contributed by atoms with Crippen LogP contribution in [0.1, 0.15) is 23.5 Å². The number of thioether (sulfide) groups is 1. The van der Waals surface area contributed by atoms with Crippen LogP contribution in [0.25, 0.3) is 0 Å². The predicted octanol–water partition coefficient (Wildman–Crippen LogP) is 1.69. The minimum atomic E-state index is -0.299. The third-order valence-corrected chi connectivity index (χ3v) is 3.66. The van der Waals surface area contributed by atoms with Gasteiger partial charge in [-0.3, -0.25) is 4.79 Å². The molecule has 0 spiro atoms. The lowest BCUT2D eigenvalue weighted by Crippen LogP contribution is -2.26. The van der Waals surface area contributed by atoms with E-state index in [2.05, 4.69) is 20.2 Å². The third kappa shape index (κ3) is 4.10. The molecule has 114 valence electrons. The number of nitrogens with zero attached hydrogens (tertiary/aromatic N) is 3. The van der Waals surface area contributed by atoms with Crippen LogP contribution in [0, 0.1) is 0 Å².